The second-order valence-electron chi connectivity index (χ2n) is 3.56. The summed E-state index contributed by atoms with van der Waals surface area (Å²) in [5.41, 5.74) is 0.967. The molecule has 2 nitrogen and oxygen atoms in total. The van der Waals surface area contributed by atoms with Gasteiger partial charge >= 0.3 is 0 Å². The normalized spacial score (nSPS) is 12.6. The molecule has 0 saturated carbocycles. The molecular formula is C13H15F2NO. The molecule has 0 heterocycles. The van der Waals surface area contributed by atoms with Crippen molar-refractivity contribution >= 4 is 5.91 Å². The zero-order valence-corrected chi connectivity index (χ0v) is 9.40. The number of hydrogen-bond acceptors (Lipinski definition) is 1. The minimum atomic E-state index is -1.40. The fourth-order valence-corrected chi connectivity index (χ4v) is 1.24. The summed E-state index contributed by atoms with van der Waals surface area (Å²) in [4.78, 5) is 11.3. The maximum atomic E-state index is 12.8. The van der Waals surface area contributed by atoms with E-state index in [0.29, 0.717) is 6.54 Å². The predicted molar refractivity (Wildman–Crippen MR) is 62.9 cm³/mol. The molecule has 1 atom stereocenters. The lowest BCUT2D eigenvalue weighted by Gasteiger charge is -2.02. The summed E-state index contributed by atoms with van der Waals surface area (Å²) in [5, 5.41) is 2.61. The van der Waals surface area contributed by atoms with Crippen molar-refractivity contribution in [3.8, 4) is 0 Å². The van der Waals surface area contributed by atoms with E-state index >= 15 is 0 Å². The number of carbonyl (C=O) groups excluding carboxylic acids is 1. The Labute approximate surface area is 99.3 Å². The van der Waals surface area contributed by atoms with Gasteiger partial charge in [0.1, 0.15) is 6.17 Å². The monoisotopic (exact) mass is 239 g/mol. The Kier molecular flexibility index (Phi) is 5.93. The van der Waals surface area contributed by atoms with Crippen LogP contribution in [0.1, 0.15) is 12.0 Å². The van der Waals surface area contributed by atoms with Gasteiger partial charge in [-0.3, -0.25) is 9.18 Å². The highest BCUT2D eigenvalue weighted by Gasteiger charge is 2.02. The highest BCUT2D eigenvalue weighted by Crippen LogP contribution is 2.00. The van der Waals surface area contributed by atoms with Gasteiger partial charge in [-0.25, -0.2) is 4.39 Å². The summed E-state index contributed by atoms with van der Waals surface area (Å²) in [7, 11) is 0. The Bertz CT molecular complexity index is 365. The van der Waals surface area contributed by atoms with E-state index in [1.165, 1.54) is 0 Å². The summed E-state index contributed by atoms with van der Waals surface area (Å²) in [6, 6.07) is 9.39. The van der Waals surface area contributed by atoms with Gasteiger partial charge in [0.15, 0.2) is 0 Å². The number of benzene rings is 1. The van der Waals surface area contributed by atoms with Crippen LogP contribution in [0.3, 0.4) is 0 Å². The SMILES string of the molecule is O=C(/C=C/[C@H](F)CCF)NCc1ccccc1. The molecule has 0 spiro atoms. The lowest BCUT2D eigenvalue weighted by molar-refractivity contribution is -0.116. The molecule has 0 aliphatic heterocycles. The molecule has 0 radical (unpaired) electrons. The van der Waals surface area contributed by atoms with Crippen molar-refractivity contribution in [1.29, 1.82) is 0 Å². The van der Waals surface area contributed by atoms with Crippen LogP contribution in [0.25, 0.3) is 0 Å². The number of hydrogen-bond donors (Lipinski definition) is 1. The van der Waals surface area contributed by atoms with Crippen LogP contribution in [-0.4, -0.2) is 18.8 Å². The van der Waals surface area contributed by atoms with Crippen molar-refractivity contribution in [2.75, 3.05) is 6.67 Å². The maximum Gasteiger partial charge on any atom is 0.244 e. The lowest BCUT2D eigenvalue weighted by atomic mass is 10.2. The number of amides is 1. The molecular weight excluding hydrogens is 224 g/mol. The smallest absolute Gasteiger partial charge is 0.244 e. The third kappa shape index (κ3) is 5.80. The van der Waals surface area contributed by atoms with Crippen molar-refractivity contribution < 1.29 is 13.6 Å². The predicted octanol–water partition coefficient (Wildman–Crippen LogP) is 2.56. The molecule has 0 saturated heterocycles. The van der Waals surface area contributed by atoms with E-state index in [1.807, 2.05) is 30.3 Å². The number of allylic oxidation sites excluding steroid dienone is 1. The molecule has 92 valence electrons. The summed E-state index contributed by atoms with van der Waals surface area (Å²) < 4.78 is 24.6. The van der Waals surface area contributed by atoms with E-state index in [4.69, 9.17) is 0 Å². The summed E-state index contributed by atoms with van der Waals surface area (Å²) in [6.07, 6.45) is 0.563. The quantitative estimate of drug-likeness (QED) is 0.759. The van der Waals surface area contributed by atoms with Crippen LogP contribution >= 0.6 is 0 Å². The van der Waals surface area contributed by atoms with E-state index in [1.54, 1.807) is 0 Å². The van der Waals surface area contributed by atoms with Gasteiger partial charge in [0, 0.05) is 19.0 Å². The molecule has 0 fully saturated rings. The first-order chi connectivity index (χ1) is 8.22. The summed E-state index contributed by atoms with van der Waals surface area (Å²) in [5.74, 6) is -0.379. The molecule has 1 aromatic rings. The first-order valence-corrected chi connectivity index (χ1v) is 5.42. The third-order valence-corrected chi connectivity index (χ3v) is 2.15. The maximum absolute atomic E-state index is 12.8. The van der Waals surface area contributed by atoms with Gasteiger partial charge in [-0.2, -0.15) is 0 Å². The van der Waals surface area contributed by atoms with E-state index in [2.05, 4.69) is 5.32 Å². The van der Waals surface area contributed by atoms with Crippen LogP contribution in [0.4, 0.5) is 8.78 Å². The Morgan fingerprint density at radius 2 is 2.06 bits per heavy atom. The number of nitrogens with one attached hydrogen (secondary N) is 1. The largest absolute Gasteiger partial charge is 0.348 e. The van der Waals surface area contributed by atoms with Crippen LogP contribution in [0.15, 0.2) is 42.5 Å². The number of alkyl halides is 2. The molecule has 0 bridgehead atoms. The fraction of sp³-hybridized carbons (Fsp3) is 0.308. The molecule has 1 N–H and O–H groups in total. The van der Waals surface area contributed by atoms with Crippen LogP contribution in [0.5, 0.6) is 0 Å². The Morgan fingerprint density at radius 1 is 1.35 bits per heavy atom. The van der Waals surface area contributed by atoms with Crippen LogP contribution in [0, 0.1) is 0 Å². The minimum absolute atomic E-state index is 0.206. The molecule has 1 rings (SSSR count). The lowest BCUT2D eigenvalue weighted by Crippen LogP contribution is -2.20. The average Bonchev–Trinajstić information content (AvgIpc) is 2.35. The first kappa shape index (κ1) is 13.4. The Balaban J connectivity index is 2.30. The van der Waals surface area contributed by atoms with Crippen molar-refractivity contribution in [2.24, 2.45) is 0 Å². The number of rotatable bonds is 6. The Morgan fingerprint density at radius 3 is 2.71 bits per heavy atom. The molecule has 0 aliphatic carbocycles. The van der Waals surface area contributed by atoms with E-state index in [9.17, 15) is 13.6 Å². The number of carbonyl (C=O) groups is 1. The van der Waals surface area contributed by atoms with Gasteiger partial charge < -0.3 is 5.32 Å². The molecule has 4 heteroatoms. The van der Waals surface area contributed by atoms with Crippen LogP contribution in [-0.2, 0) is 11.3 Å². The zero-order valence-electron chi connectivity index (χ0n) is 9.40. The van der Waals surface area contributed by atoms with Crippen LogP contribution in [0.2, 0.25) is 0 Å². The van der Waals surface area contributed by atoms with E-state index in [0.717, 1.165) is 17.7 Å². The molecule has 0 unspecified atom stereocenters. The second kappa shape index (κ2) is 7.54. The molecule has 17 heavy (non-hydrogen) atoms. The first-order valence-electron chi connectivity index (χ1n) is 5.42. The number of halogens is 2. The van der Waals surface area contributed by atoms with Gasteiger partial charge in [-0.05, 0) is 11.6 Å². The zero-order chi connectivity index (χ0) is 12.5. The third-order valence-electron chi connectivity index (χ3n) is 2.15. The summed E-state index contributed by atoms with van der Waals surface area (Å²) in [6.45, 7) is -0.332. The topological polar surface area (TPSA) is 29.1 Å². The highest BCUT2D eigenvalue weighted by molar-refractivity contribution is 5.87. The standard InChI is InChI=1S/C13H15F2NO/c14-9-8-12(15)6-7-13(17)16-10-11-4-2-1-3-5-11/h1-7,12H,8-10H2,(H,16,17)/b7-6+/t12-/m0/s1. The van der Waals surface area contributed by atoms with E-state index < -0.39 is 12.8 Å². The molecule has 1 amide bonds. The van der Waals surface area contributed by atoms with Gasteiger partial charge in [0.2, 0.25) is 5.91 Å². The molecule has 0 aliphatic rings. The fourth-order valence-electron chi connectivity index (χ4n) is 1.24. The van der Waals surface area contributed by atoms with Crippen molar-refractivity contribution in [3.05, 3.63) is 48.0 Å². The van der Waals surface area contributed by atoms with Crippen molar-refractivity contribution in [1.82, 2.24) is 5.32 Å². The van der Waals surface area contributed by atoms with Crippen molar-refractivity contribution in [3.63, 3.8) is 0 Å². The highest BCUT2D eigenvalue weighted by atomic mass is 19.1. The van der Waals surface area contributed by atoms with E-state index in [-0.39, 0.29) is 12.3 Å². The van der Waals surface area contributed by atoms with Gasteiger partial charge in [-0.15, -0.1) is 0 Å². The van der Waals surface area contributed by atoms with Gasteiger partial charge in [-0.1, -0.05) is 30.3 Å². The molecule has 1 aromatic carbocycles. The van der Waals surface area contributed by atoms with Gasteiger partial charge in [0.05, 0.1) is 6.67 Å². The molecule has 0 aromatic heterocycles. The van der Waals surface area contributed by atoms with Crippen LogP contribution < -0.4 is 5.32 Å². The van der Waals surface area contributed by atoms with Gasteiger partial charge in [0.25, 0.3) is 0 Å². The van der Waals surface area contributed by atoms with Crippen molar-refractivity contribution in [2.45, 2.75) is 19.1 Å². The average molecular weight is 239 g/mol. The second-order valence-corrected chi connectivity index (χ2v) is 3.56. The Hall–Kier alpha value is -1.71. The summed E-state index contributed by atoms with van der Waals surface area (Å²) >= 11 is 0. The minimum Gasteiger partial charge on any atom is -0.348 e.